The first-order chi connectivity index (χ1) is 14.4. The van der Waals surface area contributed by atoms with Gasteiger partial charge < -0.3 is 10.6 Å². The van der Waals surface area contributed by atoms with Gasteiger partial charge in [0.15, 0.2) is 0 Å². The third-order valence-electron chi connectivity index (χ3n) is 5.02. The Morgan fingerprint density at radius 3 is 2.43 bits per heavy atom. The third-order valence-corrected chi connectivity index (χ3v) is 5.02. The number of nitrogens with one attached hydrogen (secondary N) is 2. The Hall–Kier alpha value is -3.94. The van der Waals surface area contributed by atoms with Gasteiger partial charge in [-0.2, -0.15) is 5.10 Å². The van der Waals surface area contributed by atoms with Crippen molar-refractivity contribution >= 4 is 23.5 Å². The molecule has 4 rings (SSSR count). The first-order valence-corrected chi connectivity index (χ1v) is 9.55. The van der Waals surface area contributed by atoms with Gasteiger partial charge in [0, 0.05) is 12.6 Å². The molecule has 1 aliphatic rings. The Kier molecular flexibility index (Phi) is 5.05. The zero-order valence-corrected chi connectivity index (χ0v) is 16.6. The fourth-order valence-electron chi connectivity index (χ4n) is 3.38. The molecule has 1 saturated heterocycles. The molecule has 0 saturated carbocycles. The molecule has 8 nitrogen and oxygen atoms in total. The topological polar surface area (TPSA) is 96.3 Å². The first kappa shape index (κ1) is 19.4. The molecule has 2 aromatic carbocycles. The first-order valence-electron chi connectivity index (χ1n) is 9.55. The summed E-state index contributed by atoms with van der Waals surface area (Å²) < 4.78 is 1.56. The van der Waals surface area contributed by atoms with Crippen LogP contribution < -0.4 is 15.5 Å². The number of anilines is 1. The van der Waals surface area contributed by atoms with Crippen molar-refractivity contribution in [1.29, 1.82) is 0 Å². The summed E-state index contributed by atoms with van der Waals surface area (Å²) in [7, 11) is 1.74. The van der Waals surface area contributed by atoms with Crippen molar-refractivity contribution in [2.75, 3.05) is 11.4 Å². The minimum absolute atomic E-state index is 0.00269. The van der Waals surface area contributed by atoms with Gasteiger partial charge >= 0.3 is 6.03 Å². The number of aryl methyl sites for hydroxylation is 1. The fourth-order valence-corrected chi connectivity index (χ4v) is 3.38. The lowest BCUT2D eigenvalue weighted by atomic mass is 10.1. The minimum atomic E-state index is -0.431. The highest BCUT2D eigenvalue weighted by molar-refractivity contribution is 6.19. The van der Waals surface area contributed by atoms with Gasteiger partial charge in [-0.05, 0) is 30.7 Å². The zero-order chi connectivity index (χ0) is 21.3. The van der Waals surface area contributed by atoms with E-state index in [0.29, 0.717) is 11.4 Å². The summed E-state index contributed by atoms with van der Waals surface area (Å²) >= 11 is 0. The van der Waals surface area contributed by atoms with E-state index in [-0.39, 0.29) is 24.4 Å². The van der Waals surface area contributed by atoms with Crippen LogP contribution in [0.15, 0.2) is 60.7 Å². The van der Waals surface area contributed by atoms with Crippen LogP contribution in [0.5, 0.6) is 0 Å². The van der Waals surface area contributed by atoms with Gasteiger partial charge in [0.2, 0.25) is 0 Å². The maximum atomic E-state index is 12.8. The number of hydrogen-bond donors (Lipinski definition) is 2. The van der Waals surface area contributed by atoms with Crippen molar-refractivity contribution in [2.24, 2.45) is 7.05 Å². The maximum absolute atomic E-state index is 12.8. The number of hydrogen-bond acceptors (Lipinski definition) is 4. The molecule has 0 aliphatic carbocycles. The molecule has 1 fully saturated rings. The van der Waals surface area contributed by atoms with Crippen molar-refractivity contribution < 1.29 is 14.4 Å². The van der Waals surface area contributed by atoms with E-state index in [1.54, 1.807) is 42.1 Å². The van der Waals surface area contributed by atoms with Crippen molar-refractivity contribution in [3.63, 3.8) is 0 Å². The molecule has 30 heavy (non-hydrogen) atoms. The second kappa shape index (κ2) is 7.82. The summed E-state index contributed by atoms with van der Waals surface area (Å²) in [6, 6.07) is 17.7. The van der Waals surface area contributed by atoms with Crippen LogP contribution in [0, 0.1) is 0 Å². The third kappa shape index (κ3) is 3.67. The number of urea groups is 1. The van der Waals surface area contributed by atoms with Crippen molar-refractivity contribution in [2.45, 2.75) is 13.0 Å². The molecule has 4 amide bonds. The molecule has 152 valence electrons. The van der Waals surface area contributed by atoms with E-state index in [1.807, 2.05) is 37.3 Å². The van der Waals surface area contributed by atoms with E-state index in [1.165, 1.54) is 0 Å². The summed E-state index contributed by atoms with van der Waals surface area (Å²) in [5.74, 6) is -0.530. The number of imide groups is 1. The van der Waals surface area contributed by atoms with Gasteiger partial charge in [0.25, 0.3) is 11.8 Å². The smallest absolute Gasteiger partial charge is 0.329 e. The zero-order valence-electron chi connectivity index (χ0n) is 16.6. The predicted octanol–water partition coefficient (Wildman–Crippen LogP) is 2.63. The molecule has 3 aromatic rings. The van der Waals surface area contributed by atoms with E-state index in [9.17, 15) is 14.4 Å². The van der Waals surface area contributed by atoms with Gasteiger partial charge in [-0.3, -0.25) is 14.3 Å². The lowest BCUT2D eigenvalue weighted by Gasteiger charge is -2.17. The fraction of sp³-hybridized carbons (Fsp3) is 0.182. The quantitative estimate of drug-likeness (QED) is 0.640. The predicted molar refractivity (Wildman–Crippen MR) is 112 cm³/mol. The molecule has 1 atom stereocenters. The van der Waals surface area contributed by atoms with Gasteiger partial charge in [0.05, 0.1) is 24.0 Å². The van der Waals surface area contributed by atoms with E-state index >= 15 is 0 Å². The Bertz CT molecular complexity index is 1090. The molecule has 0 spiro atoms. The second-order valence-electron chi connectivity index (χ2n) is 7.08. The van der Waals surface area contributed by atoms with Crippen molar-refractivity contribution in [3.8, 4) is 11.3 Å². The number of rotatable bonds is 5. The highest BCUT2D eigenvalue weighted by Gasteiger charge is 2.29. The van der Waals surface area contributed by atoms with Gasteiger partial charge in [-0.1, -0.05) is 42.5 Å². The van der Waals surface area contributed by atoms with Crippen LogP contribution >= 0.6 is 0 Å². The minimum Gasteiger partial charge on any atom is -0.344 e. The molecule has 8 heteroatoms. The molecule has 1 aliphatic heterocycles. The van der Waals surface area contributed by atoms with Crippen LogP contribution in [-0.2, 0) is 11.8 Å². The number of benzene rings is 2. The average Bonchev–Trinajstić information content (AvgIpc) is 3.30. The highest BCUT2D eigenvalue weighted by atomic mass is 16.2. The molecule has 0 unspecified atom stereocenters. The van der Waals surface area contributed by atoms with Gasteiger partial charge in [0.1, 0.15) is 5.69 Å². The monoisotopic (exact) mass is 403 g/mol. The van der Waals surface area contributed by atoms with E-state index in [2.05, 4.69) is 15.7 Å². The summed E-state index contributed by atoms with van der Waals surface area (Å²) in [5.41, 5.74) is 3.47. The van der Waals surface area contributed by atoms with Crippen LogP contribution in [0.2, 0.25) is 0 Å². The molecule has 0 bridgehead atoms. The Morgan fingerprint density at radius 2 is 1.80 bits per heavy atom. The van der Waals surface area contributed by atoms with Crippen molar-refractivity contribution in [3.05, 3.63) is 71.9 Å². The number of amides is 4. The summed E-state index contributed by atoms with van der Waals surface area (Å²) in [4.78, 5) is 37.5. The summed E-state index contributed by atoms with van der Waals surface area (Å²) in [5, 5.41) is 9.89. The summed E-state index contributed by atoms with van der Waals surface area (Å²) in [6.07, 6.45) is 0. The molecule has 2 N–H and O–H groups in total. The number of carbonyl (C=O) groups is 3. The second-order valence-corrected chi connectivity index (χ2v) is 7.08. The van der Waals surface area contributed by atoms with Crippen LogP contribution in [0.25, 0.3) is 11.3 Å². The standard InChI is InChI=1S/C22H21N5O3/c1-14(15-8-10-17(11-9-15)27-20(28)13-23-22(27)30)24-21(29)19-12-18(25-26(19)2)16-6-4-3-5-7-16/h3-12,14H,13H2,1-2H3,(H,23,30)(H,24,29)/t14-/m1/s1. The Morgan fingerprint density at radius 1 is 1.10 bits per heavy atom. The normalized spacial score (nSPS) is 14.5. The number of nitrogens with zero attached hydrogens (tertiary/aromatic N) is 3. The molecule has 1 aromatic heterocycles. The van der Waals surface area contributed by atoms with E-state index in [4.69, 9.17) is 0 Å². The Balaban J connectivity index is 1.47. The SMILES string of the molecule is C[C@@H](NC(=O)c1cc(-c2ccccc2)nn1C)c1ccc(N2C(=O)CNC2=O)cc1. The molecule has 0 radical (unpaired) electrons. The van der Waals surface area contributed by atoms with Crippen molar-refractivity contribution in [1.82, 2.24) is 20.4 Å². The number of carbonyl (C=O) groups excluding carboxylic acids is 3. The van der Waals surface area contributed by atoms with Crippen LogP contribution in [0.3, 0.4) is 0 Å². The average molecular weight is 403 g/mol. The van der Waals surface area contributed by atoms with Gasteiger partial charge in [-0.15, -0.1) is 0 Å². The molecular formula is C22H21N5O3. The van der Waals surface area contributed by atoms with Crippen LogP contribution in [0.1, 0.15) is 29.0 Å². The van der Waals surface area contributed by atoms with Crippen LogP contribution in [-0.4, -0.2) is 34.2 Å². The highest BCUT2D eigenvalue weighted by Crippen LogP contribution is 2.22. The van der Waals surface area contributed by atoms with E-state index < -0.39 is 6.03 Å². The maximum Gasteiger partial charge on any atom is 0.329 e. The molecular weight excluding hydrogens is 382 g/mol. The Labute approximate surface area is 173 Å². The van der Waals surface area contributed by atoms with E-state index in [0.717, 1.165) is 21.7 Å². The van der Waals surface area contributed by atoms with Gasteiger partial charge in [-0.25, -0.2) is 9.69 Å². The number of aromatic nitrogens is 2. The lowest BCUT2D eigenvalue weighted by Crippen LogP contribution is -2.31. The molecule has 2 heterocycles. The largest absolute Gasteiger partial charge is 0.344 e. The van der Waals surface area contributed by atoms with Crippen LogP contribution in [0.4, 0.5) is 10.5 Å². The summed E-state index contributed by atoms with van der Waals surface area (Å²) in [6.45, 7) is 1.87. The lowest BCUT2D eigenvalue weighted by molar-refractivity contribution is -0.115.